The van der Waals surface area contributed by atoms with Crippen LogP contribution in [-0.2, 0) is 16.2 Å². The molecule has 6 nitrogen and oxygen atoms in total. The third kappa shape index (κ3) is 9.22. The summed E-state index contributed by atoms with van der Waals surface area (Å²) in [5.41, 5.74) is 3.12. The van der Waals surface area contributed by atoms with E-state index in [0.717, 1.165) is 23.2 Å². The highest BCUT2D eigenvalue weighted by atomic mass is 19.1. The monoisotopic (exact) mass is 399 g/mol. The zero-order chi connectivity index (χ0) is 21.8. The summed E-state index contributed by atoms with van der Waals surface area (Å²) in [6.07, 6.45) is 5.33. The van der Waals surface area contributed by atoms with Gasteiger partial charge in [-0.15, -0.1) is 6.42 Å². The predicted molar refractivity (Wildman–Crippen MR) is 104 cm³/mol. The number of carboxylic acids is 2. The fourth-order valence-corrected chi connectivity index (χ4v) is 2.31. The summed E-state index contributed by atoms with van der Waals surface area (Å²) in [4.78, 5) is 19.2. The van der Waals surface area contributed by atoms with Crippen molar-refractivity contribution in [2.75, 3.05) is 20.1 Å². The maximum Gasteiger partial charge on any atom is 0.351 e. The molecule has 0 spiro atoms. The number of ether oxygens (including phenoxy) is 1. The summed E-state index contributed by atoms with van der Waals surface area (Å²) in [7, 11) is 2.04. The van der Waals surface area contributed by atoms with Crippen LogP contribution in [0.25, 0.3) is 5.57 Å². The lowest BCUT2D eigenvalue weighted by Crippen LogP contribution is -3.08. The highest BCUT2D eigenvalue weighted by Crippen LogP contribution is 2.17. The Morgan fingerprint density at radius 3 is 2.52 bits per heavy atom. The van der Waals surface area contributed by atoms with Gasteiger partial charge in [-0.3, -0.25) is 0 Å². The SMILES string of the molecule is C#CC[NH+](C)CC(=C)c1cccc(COc2cccc(F)c2)c1.O=C([O-])C(=O)O. The van der Waals surface area contributed by atoms with Crippen LogP contribution in [0.3, 0.4) is 0 Å². The van der Waals surface area contributed by atoms with Gasteiger partial charge < -0.3 is 24.6 Å². The summed E-state index contributed by atoms with van der Waals surface area (Å²) in [5, 5.41) is 16.3. The molecule has 0 aliphatic rings. The Kier molecular flexibility index (Phi) is 9.65. The van der Waals surface area contributed by atoms with E-state index in [1.165, 1.54) is 17.0 Å². The predicted octanol–water partition coefficient (Wildman–Crippen LogP) is 0.387. The number of carbonyl (C=O) groups is 2. The topological polar surface area (TPSA) is 91.1 Å². The van der Waals surface area contributed by atoms with Crippen LogP contribution in [0, 0.1) is 18.2 Å². The van der Waals surface area contributed by atoms with E-state index in [-0.39, 0.29) is 5.82 Å². The smallest absolute Gasteiger partial charge is 0.351 e. The van der Waals surface area contributed by atoms with Crippen molar-refractivity contribution in [2.45, 2.75) is 6.61 Å². The number of likely N-dealkylation sites (N-methyl/N-ethyl adjacent to an activating group) is 1. The molecule has 1 atom stereocenters. The number of hydrogen-bond acceptors (Lipinski definition) is 4. The molecule has 0 saturated heterocycles. The molecule has 0 saturated carbocycles. The summed E-state index contributed by atoms with van der Waals surface area (Å²) < 4.78 is 18.8. The Morgan fingerprint density at radius 1 is 1.28 bits per heavy atom. The number of carbonyl (C=O) groups excluding carboxylic acids is 1. The van der Waals surface area contributed by atoms with E-state index in [9.17, 15) is 4.39 Å². The van der Waals surface area contributed by atoms with E-state index in [2.05, 4.69) is 12.5 Å². The van der Waals surface area contributed by atoms with E-state index in [1.807, 2.05) is 31.3 Å². The number of quaternary nitrogens is 1. The molecule has 0 fully saturated rings. The minimum atomic E-state index is -2.07. The van der Waals surface area contributed by atoms with Crippen molar-refractivity contribution >= 4 is 17.5 Å². The van der Waals surface area contributed by atoms with Gasteiger partial charge in [0.15, 0.2) is 5.97 Å². The van der Waals surface area contributed by atoms with Gasteiger partial charge in [-0.1, -0.05) is 30.8 Å². The first-order chi connectivity index (χ1) is 13.7. The number of rotatable bonds is 7. The van der Waals surface area contributed by atoms with E-state index in [4.69, 9.17) is 31.0 Å². The molecule has 152 valence electrons. The zero-order valence-electron chi connectivity index (χ0n) is 16.0. The van der Waals surface area contributed by atoms with E-state index >= 15 is 0 Å². The average Bonchev–Trinajstić information content (AvgIpc) is 2.67. The van der Waals surface area contributed by atoms with Gasteiger partial charge in [-0.2, -0.15) is 0 Å². The molecule has 2 rings (SSSR count). The normalized spacial score (nSPS) is 10.7. The molecule has 0 heterocycles. The first-order valence-electron chi connectivity index (χ1n) is 8.57. The van der Waals surface area contributed by atoms with Crippen molar-refractivity contribution in [1.29, 1.82) is 0 Å². The van der Waals surface area contributed by atoms with Gasteiger partial charge in [0.25, 0.3) is 0 Å². The molecule has 29 heavy (non-hydrogen) atoms. The second-order valence-electron chi connectivity index (χ2n) is 6.16. The molecule has 0 radical (unpaired) electrons. The fourth-order valence-electron chi connectivity index (χ4n) is 2.31. The molecule has 2 aromatic carbocycles. The van der Waals surface area contributed by atoms with Crippen LogP contribution in [0.5, 0.6) is 5.75 Å². The molecule has 2 N–H and O–H groups in total. The number of carboxylic acid groups (broad SMARTS) is 2. The maximum atomic E-state index is 13.1. The number of nitrogens with one attached hydrogen (secondary N) is 1. The molecule has 0 aromatic heterocycles. The van der Waals surface area contributed by atoms with Gasteiger partial charge >= 0.3 is 5.97 Å². The number of halogens is 1. The van der Waals surface area contributed by atoms with Crippen LogP contribution in [0.15, 0.2) is 55.1 Å². The Bertz CT molecular complexity index is 892. The number of benzene rings is 2. The van der Waals surface area contributed by atoms with Crippen molar-refractivity contribution in [1.82, 2.24) is 0 Å². The van der Waals surface area contributed by atoms with Crippen LogP contribution in [-0.4, -0.2) is 37.2 Å². The van der Waals surface area contributed by atoms with Crippen molar-refractivity contribution in [3.05, 3.63) is 72.1 Å². The summed E-state index contributed by atoms with van der Waals surface area (Å²) in [6.45, 7) is 5.98. The van der Waals surface area contributed by atoms with E-state index in [1.54, 1.807) is 12.1 Å². The molecule has 0 bridgehead atoms. The number of terminal acetylenes is 1. The first-order valence-corrected chi connectivity index (χ1v) is 8.57. The number of hydrogen-bond donors (Lipinski definition) is 2. The van der Waals surface area contributed by atoms with Gasteiger partial charge in [0.2, 0.25) is 0 Å². The number of aliphatic carboxylic acids is 2. The standard InChI is InChI=1S/C20H20FNO.C2H2O4/c1-4-11-22(3)14-16(2)18-8-5-7-17(12-18)15-23-20-10-6-9-19(21)13-20;3-1(4)2(5)6/h1,5-10,12-13H,2,11,14-15H2,3H3;(H,3,4)(H,5,6). The lowest BCUT2D eigenvalue weighted by Gasteiger charge is -2.14. The molecule has 7 heteroatoms. The molecule has 1 unspecified atom stereocenters. The van der Waals surface area contributed by atoms with Gasteiger partial charge in [-0.05, 0) is 35.2 Å². The van der Waals surface area contributed by atoms with E-state index < -0.39 is 11.9 Å². The largest absolute Gasteiger partial charge is 0.539 e. The lowest BCUT2D eigenvalue weighted by atomic mass is 10.0. The van der Waals surface area contributed by atoms with Crippen molar-refractivity contribution in [3.8, 4) is 18.1 Å². The molecule has 0 aliphatic carbocycles. The van der Waals surface area contributed by atoms with Crippen molar-refractivity contribution in [2.24, 2.45) is 0 Å². The quantitative estimate of drug-likeness (QED) is 0.519. The molecule has 0 amide bonds. The van der Waals surface area contributed by atoms with Gasteiger partial charge in [0, 0.05) is 11.6 Å². The maximum absolute atomic E-state index is 13.1. The van der Waals surface area contributed by atoms with Crippen LogP contribution in [0.1, 0.15) is 11.1 Å². The van der Waals surface area contributed by atoms with Crippen LogP contribution in [0.4, 0.5) is 4.39 Å². The Morgan fingerprint density at radius 2 is 1.93 bits per heavy atom. The summed E-state index contributed by atoms with van der Waals surface area (Å²) in [5.74, 6) is -1.14. The molecule has 0 aliphatic heterocycles. The Hall–Kier alpha value is -3.63. The highest BCUT2D eigenvalue weighted by molar-refractivity contribution is 6.26. The second-order valence-corrected chi connectivity index (χ2v) is 6.16. The van der Waals surface area contributed by atoms with Gasteiger partial charge in [0.1, 0.15) is 31.3 Å². The lowest BCUT2D eigenvalue weighted by molar-refractivity contribution is -0.863. The van der Waals surface area contributed by atoms with Crippen molar-refractivity contribution < 1.29 is 33.8 Å². The average molecular weight is 399 g/mol. The van der Waals surface area contributed by atoms with Crippen LogP contribution < -0.4 is 14.7 Å². The van der Waals surface area contributed by atoms with Gasteiger partial charge in [0.05, 0.1) is 7.05 Å². The zero-order valence-corrected chi connectivity index (χ0v) is 16.0. The second kappa shape index (κ2) is 12.0. The Balaban J connectivity index is 0.000000612. The minimum Gasteiger partial charge on any atom is -0.539 e. The summed E-state index contributed by atoms with van der Waals surface area (Å²) >= 11 is 0. The fraction of sp³-hybridized carbons (Fsp3) is 0.182. The molecular weight excluding hydrogens is 377 g/mol. The first kappa shape index (κ1) is 23.4. The van der Waals surface area contributed by atoms with Crippen LogP contribution in [0.2, 0.25) is 0 Å². The van der Waals surface area contributed by atoms with Crippen LogP contribution >= 0.6 is 0 Å². The van der Waals surface area contributed by atoms with Crippen molar-refractivity contribution in [3.63, 3.8) is 0 Å². The van der Waals surface area contributed by atoms with E-state index in [0.29, 0.717) is 18.9 Å². The third-order valence-electron chi connectivity index (χ3n) is 3.63. The Labute approximate surface area is 168 Å². The summed E-state index contributed by atoms with van der Waals surface area (Å²) in [6, 6.07) is 14.2. The minimum absolute atomic E-state index is 0.302. The third-order valence-corrected chi connectivity index (χ3v) is 3.63. The van der Waals surface area contributed by atoms with Gasteiger partial charge in [-0.25, -0.2) is 9.18 Å². The highest BCUT2D eigenvalue weighted by Gasteiger charge is 2.07. The molecular formula is C22H22FNO5. The molecule has 2 aromatic rings.